The predicted molar refractivity (Wildman–Crippen MR) is 113 cm³/mol. The molecule has 1 aromatic carbocycles. The number of hydrogen-bond acceptors (Lipinski definition) is 5. The van der Waals surface area contributed by atoms with Crippen molar-refractivity contribution in [3.8, 4) is 0 Å². The van der Waals surface area contributed by atoms with Crippen LogP contribution >= 0.6 is 22.9 Å². The minimum atomic E-state index is -4.65. The van der Waals surface area contributed by atoms with Gasteiger partial charge in [-0.3, -0.25) is 14.9 Å². The van der Waals surface area contributed by atoms with Crippen molar-refractivity contribution < 1.29 is 22.9 Å². The van der Waals surface area contributed by atoms with Gasteiger partial charge < -0.3 is 9.80 Å². The first kappa shape index (κ1) is 23.3. The predicted octanol–water partition coefficient (Wildman–Crippen LogP) is 5.59. The number of amides is 1. The molecule has 1 aliphatic rings. The lowest BCUT2D eigenvalue weighted by Crippen LogP contribution is -2.42. The second kappa shape index (κ2) is 9.44. The van der Waals surface area contributed by atoms with E-state index in [-0.39, 0.29) is 17.5 Å². The zero-order valence-electron chi connectivity index (χ0n) is 16.7. The SMILES string of the molecule is CCN(Cc1ccc(Cl)s1)C(=O)C1CCN(c2ccc(C(F)(F)F)cc2[N+](=O)[O-])CC1. The average Bonchev–Trinajstić information content (AvgIpc) is 3.15. The normalized spacial score (nSPS) is 15.2. The molecular formula is C20H21ClF3N3O3S. The number of hydrogen-bond donors (Lipinski definition) is 0. The number of carbonyl (C=O) groups excluding carboxylic acids is 1. The molecule has 0 spiro atoms. The molecule has 0 aliphatic carbocycles. The van der Waals surface area contributed by atoms with Crippen molar-refractivity contribution in [2.45, 2.75) is 32.5 Å². The number of rotatable bonds is 6. The molecule has 31 heavy (non-hydrogen) atoms. The van der Waals surface area contributed by atoms with E-state index in [1.54, 1.807) is 15.9 Å². The number of carbonyl (C=O) groups is 1. The van der Waals surface area contributed by atoms with Crippen LogP contribution in [0.2, 0.25) is 4.34 Å². The molecule has 0 bridgehead atoms. The zero-order valence-corrected chi connectivity index (χ0v) is 18.3. The summed E-state index contributed by atoms with van der Waals surface area (Å²) in [6.45, 7) is 3.61. The molecule has 1 saturated heterocycles. The number of anilines is 1. The third kappa shape index (κ3) is 5.48. The molecule has 0 N–H and O–H groups in total. The zero-order chi connectivity index (χ0) is 22.8. The summed E-state index contributed by atoms with van der Waals surface area (Å²) in [5, 5.41) is 11.4. The molecule has 1 aromatic heterocycles. The van der Waals surface area contributed by atoms with Gasteiger partial charge in [0.05, 0.1) is 21.4 Å². The standard InChI is InChI=1S/C20H21ClF3N3O3S/c1-2-25(12-15-4-6-18(21)31-15)19(28)13-7-9-26(10-8-13)16-5-3-14(20(22,23)24)11-17(16)27(29)30/h3-6,11,13H,2,7-10,12H2,1H3. The van der Waals surface area contributed by atoms with E-state index < -0.39 is 22.4 Å². The van der Waals surface area contributed by atoms with E-state index in [9.17, 15) is 28.1 Å². The summed E-state index contributed by atoms with van der Waals surface area (Å²) < 4.78 is 39.4. The minimum absolute atomic E-state index is 0.00796. The summed E-state index contributed by atoms with van der Waals surface area (Å²) in [5.41, 5.74) is -1.49. The number of nitro benzene ring substituents is 1. The highest BCUT2D eigenvalue weighted by molar-refractivity contribution is 7.16. The van der Waals surface area contributed by atoms with Gasteiger partial charge in [0.25, 0.3) is 5.69 Å². The average molecular weight is 476 g/mol. The van der Waals surface area contributed by atoms with Gasteiger partial charge in [-0.15, -0.1) is 11.3 Å². The van der Waals surface area contributed by atoms with Gasteiger partial charge in [-0.05, 0) is 44.0 Å². The van der Waals surface area contributed by atoms with Crippen LogP contribution in [0, 0.1) is 16.0 Å². The Morgan fingerprint density at radius 2 is 1.97 bits per heavy atom. The van der Waals surface area contributed by atoms with E-state index in [1.165, 1.54) is 11.3 Å². The summed E-state index contributed by atoms with van der Waals surface area (Å²) in [6.07, 6.45) is -3.71. The van der Waals surface area contributed by atoms with Crippen molar-refractivity contribution in [3.63, 3.8) is 0 Å². The highest BCUT2D eigenvalue weighted by Gasteiger charge is 2.35. The summed E-state index contributed by atoms with van der Waals surface area (Å²) in [4.78, 5) is 27.9. The number of nitro groups is 1. The van der Waals surface area contributed by atoms with E-state index in [1.807, 2.05) is 13.0 Å². The molecule has 1 aliphatic heterocycles. The Morgan fingerprint density at radius 3 is 2.48 bits per heavy atom. The van der Waals surface area contributed by atoms with Crippen LogP contribution in [-0.2, 0) is 17.5 Å². The molecule has 3 rings (SSSR count). The van der Waals surface area contributed by atoms with Gasteiger partial charge in [0.2, 0.25) is 5.91 Å². The monoisotopic (exact) mass is 475 g/mol. The van der Waals surface area contributed by atoms with Crippen LogP contribution in [0.4, 0.5) is 24.5 Å². The molecule has 1 amide bonds. The topological polar surface area (TPSA) is 66.7 Å². The van der Waals surface area contributed by atoms with Crippen molar-refractivity contribution >= 4 is 40.2 Å². The Labute approximate surface area is 186 Å². The van der Waals surface area contributed by atoms with Crippen LogP contribution in [0.25, 0.3) is 0 Å². The fourth-order valence-corrected chi connectivity index (χ4v) is 4.81. The Bertz CT molecular complexity index is 959. The molecule has 1 fully saturated rings. The van der Waals surface area contributed by atoms with Crippen molar-refractivity contribution in [2.75, 3.05) is 24.5 Å². The summed E-state index contributed by atoms with van der Waals surface area (Å²) in [6, 6.07) is 6.23. The molecule has 0 atom stereocenters. The van der Waals surface area contributed by atoms with Crippen molar-refractivity contribution in [2.24, 2.45) is 5.92 Å². The van der Waals surface area contributed by atoms with Gasteiger partial charge in [-0.2, -0.15) is 13.2 Å². The highest BCUT2D eigenvalue weighted by Crippen LogP contribution is 2.38. The van der Waals surface area contributed by atoms with Gasteiger partial charge in [0, 0.05) is 36.5 Å². The van der Waals surface area contributed by atoms with Crippen LogP contribution in [-0.4, -0.2) is 35.4 Å². The summed E-state index contributed by atoms with van der Waals surface area (Å²) >= 11 is 7.38. The second-order valence-electron chi connectivity index (χ2n) is 7.28. The Hall–Kier alpha value is -2.33. The van der Waals surface area contributed by atoms with E-state index in [4.69, 9.17) is 11.6 Å². The maximum atomic E-state index is 13.0. The summed E-state index contributed by atoms with van der Waals surface area (Å²) in [7, 11) is 0. The third-order valence-electron chi connectivity index (χ3n) is 5.35. The minimum Gasteiger partial charge on any atom is -0.366 e. The fraction of sp³-hybridized carbons (Fsp3) is 0.450. The largest absolute Gasteiger partial charge is 0.416 e. The number of nitrogens with zero attached hydrogens (tertiary/aromatic N) is 3. The molecular weight excluding hydrogens is 455 g/mol. The van der Waals surface area contributed by atoms with Gasteiger partial charge >= 0.3 is 6.18 Å². The molecule has 11 heteroatoms. The Kier molecular flexibility index (Phi) is 7.10. The Balaban J connectivity index is 1.68. The third-order valence-corrected chi connectivity index (χ3v) is 6.57. The fourth-order valence-electron chi connectivity index (χ4n) is 3.71. The number of alkyl halides is 3. The first-order valence-corrected chi connectivity index (χ1v) is 10.9. The van der Waals surface area contributed by atoms with Gasteiger partial charge in [0.15, 0.2) is 0 Å². The number of thiophene rings is 1. The van der Waals surface area contributed by atoms with E-state index in [2.05, 4.69) is 0 Å². The molecule has 168 valence electrons. The van der Waals surface area contributed by atoms with E-state index >= 15 is 0 Å². The van der Waals surface area contributed by atoms with E-state index in [0.29, 0.717) is 49.4 Å². The number of halogens is 4. The van der Waals surface area contributed by atoms with Crippen LogP contribution < -0.4 is 4.90 Å². The smallest absolute Gasteiger partial charge is 0.366 e. The van der Waals surface area contributed by atoms with Crippen molar-refractivity contribution in [1.29, 1.82) is 0 Å². The first-order chi connectivity index (χ1) is 14.6. The quantitative estimate of drug-likeness (QED) is 0.403. The molecule has 6 nitrogen and oxygen atoms in total. The van der Waals surface area contributed by atoms with Gasteiger partial charge in [-0.1, -0.05) is 11.6 Å². The molecule has 0 unspecified atom stereocenters. The maximum absolute atomic E-state index is 13.0. The number of piperidine rings is 1. The summed E-state index contributed by atoms with van der Waals surface area (Å²) in [5.74, 6) is -0.228. The molecule has 0 saturated carbocycles. The van der Waals surface area contributed by atoms with Gasteiger partial charge in [-0.25, -0.2) is 0 Å². The van der Waals surface area contributed by atoms with Gasteiger partial charge in [0.1, 0.15) is 5.69 Å². The van der Waals surface area contributed by atoms with E-state index in [0.717, 1.165) is 17.0 Å². The lowest BCUT2D eigenvalue weighted by molar-refractivity contribution is -0.384. The molecule has 2 aromatic rings. The number of benzene rings is 1. The van der Waals surface area contributed by atoms with Crippen molar-refractivity contribution in [3.05, 3.63) is 55.2 Å². The van der Waals surface area contributed by atoms with Crippen LogP contribution in [0.15, 0.2) is 30.3 Å². The Morgan fingerprint density at radius 1 is 1.29 bits per heavy atom. The molecule has 0 radical (unpaired) electrons. The van der Waals surface area contributed by atoms with Crippen molar-refractivity contribution in [1.82, 2.24) is 4.90 Å². The lowest BCUT2D eigenvalue weighted by Gasteiger charge is -2.35. The van der Waals surface area contributed by atoms with Crippen LogP contribution in [0.5, 0.6) is 0 Å². The first-order valence-electron chi connectivity index (χ1n) is 9.73. The lowest BCUT2D eigenvalue weighted by atomic mass is 9.94. The molecule has 2 heterocycles. The van der Waals surface area contributed by atoms with Crippen LogP contribution in [0.1, 0.15) is 30.2 Å². The highest BCUT2D eigenvalue weighted by atomic mass is 35.5. The maximum Gasteiger partial charge on any atom is 0.416 e. The second-order valence-corrected chi connectivity index (χ2v) is 9.08. The van der Waals surface area contributed by atoms with Crippen LogP contribution in [0.3, 0.4) is 0 Å².